The quantitative estimate of drug-likeness (QED) is 0.626. The van der Waals surface area contributed by atoms with Crippen molar-refractivity contribution < 1.29 is 22.7 Å². The fourth-order valence-electron chi connectivity index (χ4n) is 2.51. The van der Waals surface area contributed by atoms with Gasteiger partial charge in [-0.25, -0.2) is 4.98 Å². The molecule has 0 N–H and O–H groups in total. The van der Waals surface area contributed by atoms with E-state index in [9.17, 15) is 18.0 Å². The number of rotatable bonds is 6. The van der Waals surface area contributed by atoms with Crippen molar-refractivity contribution >= 4 is 5.91 Å². The minimum atomic E-state index is -4.54. The maximum atomic E-state index is 13.0. The lowest BCUT2D eigenvalue weighted by Gasteiger charge is -2.24. The van der Waals surface area contributed by atoms with Gasteiger partial charge in [-0.15, -0.1) is 0 Å². The molecule has 1 aromatic carbocycles. The zero-order valence-corrected chi connectivity index (χ0v) is 14.6. The van der Waals surface area contributed by atoms with Crippen LogP contribution < -0.4 is 4.74 Å². The highest BCUT2D eigenvalue weighted by Crippen LogP contribution is 2.23. The number of ether oxygens (including phenoxy) is 1. The molecule has 0 spiro atoms. The maximum Gasteiger partial charge on any atom is 0.406 e. The standard InChI is InChI=1S/C20H16F3N3O2/c21-20(22,23)14-26(13-16-7-1-3-10-24-16)19(27)15-6-5-8-17(12-15)28-18-9-2-4-11-25-18/h1-12H,13-14H2. The first-order valence-electron chi connectivity index (χ1n) is 8.35. The highest BCUT2D eigenvalue weighted by molar-refractivity contribution is 5.94. The Morgan fingerprint density at radius 2 is 1.71 bits per heavy atom. The van der Waals surface area contributed by atoms with Gasteiger partial charge in [-0.2, -0.15) is 13.2 Å². The van der Waals surface area contributed by atoms with E-state index in [4.69, 9.17) is 4.74 Å². The van der Waals surface area contributed by atoms with Crippen molar-refractivity contribution in [1.29, 1.82) is 0 Å². The van der Waals surface area contributed by atoms with Crippen molar-refractivity contribution in [3.63, 3.8) is 0 Å². The van der Waals surface area contributed by atoms with E-state index in [1.54, 1.807) is 48.7 Å². The maximum absolute atomic E-state index is 13.0. The van der Waals surface area contributed by atoms with E-state index in [0.29, 0.717) is 22.2 Å². The van der Waals surface area contributed by atoms with E-state index in [2.05, 4.69) is 9.97 Å². The van der Waals surface area contributed by atoms with Crippen LogP contribution in [0.1, 0.15) is 16.1 Å². The summed E-state index contributed by atoms with van der Waals surface area (Å²) in [6.07, 6.45) is -1.53. The van der Waals surface area contributed by atoms with Crippen LogP contribution in [0.25, 0.3) is 0 Å². The molecule has 0 saturated carbocycles. The topological polar surface area (TPSA) is 55.3 Å². The SMILES string of the molecule is O=C(c1cccc(Oc2ccccn2)c1)N(Cc1ccccn1)CC(F)(F)F. The summed E-state index contributed by atoms with van der Waals surface area (Å²) in [5, 5.41) is 0. The third-order valence-corrected chi connectivity index (χ3v) is 3.68. The van der Waals surface area contributed by atoms with Crippen molar-refractivity contribution in [2.45, 2.75) is 12.7 Å². The van der Waals surface area contributed by atoms with Crippen LogP contribution in [-0.4, -0.2) is 33.5 Å². The largest absolute Gasteiger partial charge is 0.439 e. The number of benzene rings is 1. The lowest BCUT2D eigenvalue weighted by molar-refractivity contribution is -0.141. The lowest BCUT2D eigenvalue weighted by atomic mass is 10.1. The van der Waals surface area contributed by atoms with Crippen molar-refractivity contribution in [1.82, 2.24) is 14.9 Å². The Kier molecular flexibility index (Phi) is 5.88. The molecule has 0 aliphatic heterocycles. The van der Waals surface area contributed by atoms with E-state index in [-0.39, 0.29) is 12.1 Å². The highest BCUT2D eigenvalue weighted by atomic mass is 19.4. The molecule has 3 aromatic rings. The Morgan fingerprint density at radius 1 is 0.964 bits per heavy atom. The second-order valence-electron chi connectivity index (χ2n) is 5.90. The van der Waals surface area contributed by atoms with Gasteiger partial charge in [0.05, 0.1) is 12.2 Å². The first-order chi connectivity index (χ1) is 13.4. The number of hydrogen-bond acceptors (Lipinski definition) is 4. The second-order valence-corrected chi connectivity index (χ2v) is 5.90. The molecule has 0 unspecified atom stereocenters. The summed E-state index contributed by atoms with van der Waals surface area (Å²) in [6.45, 7) is -1.64. The normalized spacial score (nSPS) is 11.1. The average molecular weight is 387 g/mol. The van der Waals surface area contributed by atoms with Gasteiger partial charge in [0.15, 0.2) is 0 Å². The van der Waals surface area contributed by atoms with Gasteiger partial charge in [-0.05, 0) is 36.4 Å². The van der Waals surface area contributed by atoms with E-state index >= 15 is 0 Å². The molecule has 0 saturated heterocycles. The summed E-state index contributed by atoms with van der Waals surface area (Å²) in [6, 6.07) is 15.9. The van der Waals surface area contributed by atoms with Crippen LogP contribution in [-0.2, 0) is 6.54 Å². The fraction of sp³-hybridized carbons (Fsp3) is 0.150. The Balaban J connectivity index is 1.82. The first-order valence-corrected chi connectivity index (χ1v) is 8.35. The van der Waals surface area contributed by atoms with Gasteiger partial charge in [0.25, 0.3) is 5.91 Å². The molecule has 0 fully saturated rings. The van der Waals surface area contributed by atoms with Gasteiger partial charge in [-0.3, -0.25) is 9.78 Å². The van der Waals surface area contributed by atoms with Gasteiger partial charge in [0, 0.05) is 24.0 Å². The third kappa shape index (κ3) is 5.54. The third-order valence-electron chi connectivity index (χ3n) is 3.68. The Labute approximate surface area is 159 Å². The number of hydrogen-bond donors (Lipinski definition) is 0. The molecule has 0 aliphatic rings. The van der Waals surface area contributed by atoms with Crippen molar-refractivity contribution in [3.05, 3.63) is 84.3 Å². The van der Waals surface area contributed by atoms with Crippen LogP contribution in [0.3, 0.4) is 0 Å². The Bertz CT molecular complexity index is 919. The fourth-order valence-corrected chi connectivity index (χ4v) is 2.51. The molecular formula is C20H16F3N3O2. The van der Waals surface area contributed by atoms with Crippen LogP contribution in [0.4, 0.5) is 13.2 Å². The average Bonchev–Trinajstić information content (AvgIpc) is 2.68. The van der Waals surface area contributed by atoms with Gasteiger partial charge < -0.3 is 9.64 Å². The summed E-state index contributed by atoms with van der Waals surface area (Å²) < 4.78 is 44.6. The van der Waals surface area contributed by atoms with E-state index in [0.717, 1.165) is 0 Å². The molecule has 0 bridgehead atoms. The number of carbonyl (C=O) groups is 1. The molecule has 2 heterocycles. The predicted octanol–water partition coefficient (Wildman–Crippen LogP) is 4.47. The number of halogens is 3. The van der Waals surface area contributed by atoms with E-state index in [1.807, 2.05) is 0 Å². The summed E-state index contributed by atoms with van der Waals surface area (Å²) in [7, 11) is 0. The smallest absolute Gasteiger partial charge is 0.406 e. The minimum Gasteiger partial charge on any atom is -0.439 e. The molecule has 5 nitrogen and oxygen atoms in total. The van der Waals surface area contributed by atoms with Crippen LogP contribution in [0, 0.1) is 0 Å². The molecule has 8 heteroatoms. The van der Waals surface area contributed by atoms with Crippen molar-refractivity contribution in [3.8, 4) is 11.6 Å². The van der Waals surface area contributed by atoms with Crippen LogP contribution in [0.5, 0.6) is 11.6 Å². The van der Waals surface area contributed by atoms with Gasteiger partial charge in [0.2, 0.25) is 5.88 Å². The molecule has 28 heavy (non-hydrogen) atoms. The molecule has 3 rings (SSSR count). The lowest BCUT2D eigenvalue weighted by Crippen LogP contribution is -2.38. The van der Waals surface area contributed by atoms with E-state index < -0.39 is 18.6 Å². The number of carbonyl (C=O) groups excluding carboxylic acids is 1. The molecule has 2 aromatic heterocycles. The minimum absolute atomic E-state index is 0.0774. The first kappa shape index (κ1) is 19.3. The van der Waals surface area contributed by atoms with Gasteiger partial charge in [-0.1, -0.05) is 18.2 Å². The number of pyridine rings is 2. The van der Waals surface area contributed by atoms with Crippen molar-refractivity contribution in [2.24, 2.45) is 0 Å². The number of aromatic nitrogens is 2. The van der Waals surface area contributed by atoms with Gasteiger partial charge in [0.1, 0.15) is 12.3 Å². The zero-order valence-electron chi connectivity index (χ0n) is 14.6. The molecule has 1 amide bonds. The summed E-state index contributed by atoms with van der Waals surface area (Å²) >= 11 is 0. The predicted molar refractivity (Wildman–Crippen MR) is 95.8 cm³/mol. The summed E-state index contributed by atoms with van der Waals surface area (Å²) in [5.74, 6) is -0.156. The second kappa shape index (κ2) is 8.51. The molecular weight excluding hydrogens is 371 g/mol. The monoisotopic (exact) mass is 387 g/mol. The van der Waals surface area contributed by atoms with Gasteiger partial charge >= 0.3 is 6.18 Å². The van der Waals surface area contributed by atoms with Crippen LogP contribution in [0.15, 0.2) is 73.1 Å². The summed E-state index contributed by atoms with van der Waals surface area (Å²) in [4.78, 5) is 21.5. The van der Waals surface area contributed by atoms with E-state index in [1.165, 1.54) is 24.4 Å². The highest BCUT2D eigenvalue weighted by Gasteiger charge is 2.33. The number of amides is 1. The molecule has 0 aliphatic carbocycles. The van der Waals surface area contributed by atoms with Crippen LogP contribution >= 0.6 is 0 Å². The van der Waals surface area contributed by atoms with Crippen molar-refractivity contribution in [2.75, 3.05) is 6.54 Å². The molecule has 144 valence electrons. The molecule has 0 radical (unpaired) electrons. The van der Waals surface area contributed by atoms with Crippen LogP contribution in [0.2, 0.25) is 0 Å². The Hall–Kier alpha value is -3.42. The number of nitrogens with zero attached hydrogens (tertiary/aromatic N) is 3. The Morgan fingerprint density at radius 3 is 2.36 bits per heavy atom. The number of alkyl halides is 3. The summed E-state index contributed by atoms with van der Waals surface area (Å²) in [5.41, 5.74) is 0.439. The molecule has 0 atom stereocenters. The zero-order chi connectivity index (χ0) is 20.0.